The molecule has 0 unspecified atom stereocenters. The van der Waals surface area contributed by atoms with Gasteiger partial charge in [-0.1, -0.05) is 61.0 Å². The highest BCUT2D eigenvalue weighted by atomic mass is 16.5. The summed E-state index contributed by atoms with van der Waals surface area (Å²) in [6.45, 7) is 4.50. The Morgan fingerprint density at radius 3 is 2.66 bits per heavy atom. The van der Waals surface area contributed by atoms with Gasteiger partial charge in [0.2, 0.25) is 0 Å². The molecule has 1 N–H and O–H groups in total. The fourth-order valence-electron chi connectivity index (χ4n) is 4.74. The second-order valence-corrected chi connectivity index (χ2v) is 8.42. The molecule has 0 bridgehead atoms. The molecule has 0 aromatic heterocycles. The molecule has 0 aliphatic heterocycles. The molecule has 2 aromatic carbocycles. The van der Waals surface area contributed by atoms with E-state index >= 15 is 0 Å². The molecule has 1 saturated carbocycles. The van der Waals surface area contributed by atoms with E-state index in [0.29, 0.717) is 13.0 Å². The first-order valence-electron chi connectivity index (χ1n) is 10.4. The highest BCUT2D eigenvalue weighted by Gasteiger charge is 2.45. The predicted molar refractivity (Wildman–Crippen MR) is 115 cm³/mol. The Bertz CT molecular complexity index is 970. The maximum atomic E-state index is 13.1. The van der Waals surface area contributed by atoms with Crippen LogP contribution in [0.5, 0.6) is 5.75 Å². The SMILES string of the molecule is CC1=C2CCC[C@H](O)[C@@]2(C)C/C(=C\c2ccccc2OCc2ccccc2)C1=O. The first kappa shape index (κ1) is 19.7. The van der Waals surface area contributed by atoms with Gasteiger partial charge in [0.25, 0.3) is 0 Å². The number of para-hydroxylation sites is 1. The number of fused-ring (bicyclic) bond motifs is 1. The van der Waals surface area contributed by atoms with E-state index in [4.69, 9.17) is 4.74 Å². The number of hydrogen-bond donors (Lipinski definition) is 1. The number of rotatable bonds is 4. The van der Waals surface area contributed by atoms with Crippen molar-refractivity contribution in [3.05, 3.63) is 82.4 Å². The molecule has 1 fully saturated rings. The van der Waals surface area contributed by atoms with Gasteiger partial charge in [-0.25, -0.2) is 0 Å². The van der Waals surface area contributed by atoms with E-state index in [0.717, 1.165) is 52.9 Å². The average molecular weight is 389 g/mol. The lowest BCUT2D eigenvalue weighted by Crippen LogP contribution is -2.42. The van der Waals surface area contributed by atoms with Crippen LogP contribution in [0.2, 0.25) is 0 Å². The summed E-state index contributed by atoms with van der Waals surface area (Å²) in [6, 6.07) is 17.9. The van der Waals surface area contributed by atoms with Crippen LogP contribution < -0.4 is 4.74 Å². The molecule has 2 aromatic rings. The molecule has 0 amide bonds. The van der Waals surface area contributed by atoms with Gasteiger partial charge in [0.1, 0.15) is 12.4 Å². The van der Waals surface area contributed by atoms with Gasteiger partial charge in [-0.15, -0.1) is 0 Å². The molecular weight excluding hydrogens is 360 g/mol. The zero-order valence-corrected chi connectivity index (χ0v) is 17.2. The summed E-state index contributed by atoms with van der Waals surface area (Å²) in [4.78, 5) is 13.1. The van der Waals surface area contributed by atoms with Crippen molar-refractivity contribution in [2.45, 2.75) is 52.2 Å². The van der Waals surface area contributed by atoms with Crippen molar-refractivity contribution in [1.29, 1.82) is 0 Å². The van der Waals surface area contributed by atoms with Crippen LogP contribution in [0.25, 0.3) is 6.08 Å². The minimum absolute atomic E-state index is 0.101. The molecule has 2 aliphatic rings. The topological polar surface area (TPSA) is 46.5 Å². The lowest BCUT2D eigenvalue weighted by Gasteiger charge is -2.45. The largest absolute Gasteiger partial charge is 0.488 e. The lowest BCUT2D eigenvalue weighted by atomic mass is 9.61. The summed E-state index contributed by atoms with van der Waals surface area (Å²) >= 11 is 0. The first-order valence-corrected chi connectivity index (χ1v) is 10.4. The van der Waals surface area contributed by atoms with Gasteiger partial charge >= 0.3 is 0 Å². The molecular formula is C26H28O3. The minimum Gasteiger partial charge on any atom is -0.488 e. The standard InChI is InChI=1S/C26H28O3/c1-18-22-12-8-14-24(27)26(22,2)16-21(25(18)28)15-20-11-6-7-13-23(20)29-17-19-9-4-3-5-10-19/h3-7,9-11,13,15,24,27H,8,12,14,16-17H2,1-2H3/b21-15+/t24-,26-/m0/s1. The molecule has 0 heterocycles. The molecule has 150 valence electrons. The number of aliphatic hydroxyl groups is 1. The van der Waals surface area contributed by atoms with Gasteiger partial charge in [0, 0.05) is 16.6 Å². The van der Waals surface area contributed by atoms with Crippen LogP contribution in [0.3, 0.4) is 0 Å². The van der Waals surface area contributed by atoms with E-state index in [1.165, 1.54) is 0 Å². The van der Waals surface area contributed by atoms with Crippen molar-refractivity contribution in [3.63, 3.8) is 0 Å². The molecule has 3 heteroatoms. The van der Waals surface area contributed by atoms with Crippen molar-refractivity contribution in [3.8, 4) is 5.75 Å². The molecule has 2 aliphatic carbocycles. The van der Waals surface area contributed by atoms with Crippen molar-refractivity contribution >= 4 is 11.9 Å². The van der Waals surface area contributed by atoms with Crippen LogP contribution in [0, 0.1) is 5.41 Å². The Morgan fingerprint density at radius 2 is 1.86 bits per heavy atom. The van der Waals surface area contributed by atoms with Gasteiger partial charge in [-0.2, -0.15) is 0 Å². The van der Waals surface area contributed by atoms with Gasteiger partial charge < -0.3 is 9.84 Å². The summed E-state index contributed by atoms with van der Waals surface area (Å²) in [5.74, 6) is 0.864. The maximum absolute atomic E-state index is 13.1. The molecule has 0 spiro atoms. The van der Waals surface area contributed by atoms with Crippen LogP contribution in [0.15, 0.2) is 71.3 Å². The third-order valence-electron chi connectivity index (χ3n) is 6.46. The zero-order valence-electron chi connectivity index (χ0n) is 17.2. The number of ether oxygens (including phenoxy) is 1. The minimum atomic E-state index is -0.401. The summed E-state index contributed by atoms with van der Waals surface area (Å²) < 4.78 is 6.06. The number of benzene rings is 2. The Balaban J connectivity index is 1.64. The number of carbonyl (C=O) groups is 1. The van der Waals surface area contributed by atoms with Crippen LogP contribution >= 0.6 is 0 Å². The number of Topliss-reactive ketones (excluding diaryl/α,β-unsaturated/α-hetero) is 1. The van der Waals surface area contributed by atoms with Crippen LogP contribution in [0.1, 0.15) is 50.7 Å². The summed E-state index contributed by atoms with van der Waals surface area (Å²) in [5.41, 5.74) is 4.37. The van der Waals surface area contributed by atoms with E-state index in [9.17, 15) is 9.90 Å². The lowest BCUT2D eigenvalue weighted by molar-refractivity contribution is -0.113. The summed E-state index contributed by atoms with van der Waals surface area (Å²) in [5, 5.41) is 10.7. The number of allylic oxidation sites excluding steroid dienone is 2. The summed E-state index contributed by atoms with van der Waals surface area (Å²) in [7, 11) is 0. The van der Waals surface area contributed by atoms with Gasteiger partial charge in [0.05, 0.1) is 6.10 Å². The van der Waals surface area contributed by atoms with E-state index in [1.54, 1.807) is 0 Å². The van der Waals surface area contributed by atoms with Crippen molar-refractivity contribution in [2.75, 3.05) is 0 Å². The maximum Gasteiger partial charge on any atom is 0.184 e. The molecule has 29 heavy (non-hydrogen) atoms. The fraction of sp³-hybridized carbons (Fsp3) is 0.346. The van der Waals surface area contributed by atoms with Crippen LogP contribution in [-0.2, 0) is 11.4 Å². The highest BCUT2D eigenvalue weighted by molar-refractivity contribution is 6.12. The second kappa shape index (κ2) is 8.00. The first-order chi connectivity index (χ1) is 14.0. The van der Waals surface area contributed by atoms with Gasteiger partial charge in [0.15, 0.2) is 5.78 Å². The van der Waals surface area contributed by atoms with E-state index < -0.39 is 6.10 Å². The van der Waals surface area contributed by atoms with Crippen LogP contribution in [0.4, 0.5) is 0 Å². The van der Waals surface area contributed by atoms with Crippen molar-refractivity contribution < 1.29 is 14.6 Å². The molecule has 4 rings (SSSR count). The number of hydrogen-bond acceptors (Lipinski definition) is 3. The summed E-state index contributed by atoms with van der Waals surface area (Å²) in [6.07, 6.45) is 4.79. The molecule has 0 radical (unpaired) electrons. The van der Waals surface area contributed by atoms with E-state index in [-0.39, 0.29) is 11.2 Å². The number of ketones is 1. The Kier molecular flexibility index (Phi) is 5.42. The van der Waals surface area contributed by atoms with E-state index in [1.807, 2.05) is 67.6 Å². The van der Waals surface area contributed by atoms with Crippen molar-refractivity contribution in [1.82, 2.24) is 0 Å². The monoisotopic (exact) mass is 388 g/mol. The Morgan fingerprint density at radius 1 is 1.14 bits per heavy atom. The third-order valence-corrected chi connectivity index (χ3v) is 6.46. The van der Waals surface area contributed by atoms with Gasteiger partial charge in [-0.3, -0.25) is 4.79 Å². The van der Waals surface area contributed by atoms with Gasteiger partial charge in [-0.05, 0) is 55.9 Å². The van der Waals surface area contributed by atoms with E-state index in [2.05, 4.69) is 6.92 Å². The zero-order chi connectivity index (χ0) is 20.4. The Hall–Kier alpha value is -2.65. The average Bonchev–Trinajstić information content (AvgIpc) is 2.73. The highest BCUT2D eigenvalue weighted by Crippen LogP contribution is 2.50. The molecule has 0 saturated heterocycles. The molecule has 2 atom stereocenters. The molecule has 3 nitrogen and oxygen atoms in total. The number of carbonyl (C=O) groups excluding carboxylic acids is 1. The predicted octanol–water partition coefficient (Wildman–Crippen LogP) is 5.49. The quantitative estimate of drug-likeness (QED) is 0.705. The van der Waals surface area contributed by atoms with Crippen LogP contribution in [-0.4, -0.2) is 17.0 Å². The third kappa shape index (κ3) is 3.79. The smallest absolute Gasteiger partial charge is 0.184 e. The Labute approximate surface area is 172 Å². The fourth-order valence-corrected chi connectivity index (χ4v) is 4.74. The normalized spacial score (nSPS) is 25.8. The van der Waals surface area contributed by atoms with Crippen molar-refractivity contribution in [2.24, 2.45) is 5.41 Å². The number of aliphatic hydroxyl groups excluding tert-OH is 1. The second-order valence-electron chi connectivity index (χ2n) is 8.42.